The van der Waals surface area contributed by atoms with Gasteiger partial charge in [-0.2, -0.15) is 0 Å². The van der Waals surface area contributed by atoms with E-state index in [4.69, 9.17) is 4.99 Å². The summed E-state index contributed by atoms with van der Waals surface area (Å²) in [5, 5.41) is 0. The molecule has 2 heterocycles. The number of fused-ring (bicyclic) bond motifs is 1. The fourth-order valence-electron chi connectivity index (χ4n) is 4.47. The Morgan fingerprint density at radius 3 is 2.25 bits per heavy atom. The minimum absolute atomic E-state index is 0.0932. The van der Waals surface area contributed by atoms with Gasteiger partial charge in [0.15, 0.2) is 5.84 Å². The van der Waals surface area contributed by atoms with Gasteiger partial charge in [0, 0.05) is 30.4 Å². The predicted octanol–water partition coefficient (Wildman–Crippen LogP) is 7.97. The molecule has 0 bridgehead atoms. The van der Waals surface area contributed by atoms with Crippen molar-refractivity contribution in [2.75, 3.05) is 19.9 Å². The second-order valence-corrected chi connectivity index (χ2v) is 9.65. The number of rotatable bonds is 9. The van der Waals surface area contributed by atoms with E-state index in [-0.39, 0.29) is 5.57 Å². The van der Waals surface area contributed by atoms with Crippen molar-refractivity contribution in [3.63, 3.8) is 0 Å². The second-order valence-electron chi connectivity index (χ2n) is 9.65. The van der Waals surface area contributed by atoms with Crippen LogP contribution in [0.3, 0.4) is 0 Å². The van der Waals surface area contributed by atoms with E-state index in [2.05, 4.69) is 72.3 Å². The van der Waals surface area contributed by atoms with Gasteiger partial charge in [-0.05, 0) is 47.4 Å². The lowest BCUT2D eigenvalue weighted by Gasteiger charge is -2.19. The van der Waals surface area contributed by atoms with Crippen molar-refractivity contribution in [2.24, 2.45) is 9.98 Å². The smallest absolute Gasteiger partial charge is 0.160 e. The molecule has 2 aromatic carbocycles. The maximum absolute atomic E-state index is 13.5. The average molecular weight is 488 g/mol. The van der Waals surface area contributed by atoms with Crippen LogP contribution in [0, 0.1) is 0 Å². The summed E-state index contributed by atoms with van der Waals surface area (Å²) in [6.07, 6.45) is 8.21. The van der Waals surface area contributed by atoms with E-state index in [1.165, 1.54) is 22.3 Å². The molecule has 0 aromatic heterocycles. The van der Waals surface area contributed by atoms with Crippen LogP contribution in [-0.2, 0) is 6.54 Å². The molecule has 3 nitrogen and oxygen atoms in total. The molecule has 0 amide bonds. The number of nitrogens with zero attached hydrogens (tertiary/aromatic N) is 3. The predicted molar refractivity (Wildman–Crippen MR) is 147 cm³/mol. The second kappa shape index (κ2) is 12.1. The molecule has 2 aliphatic rings. The van der Waals surface area contributed by atoms with Gasteiger partial charge in [-0.1, -0.05) is 81.5 Å². The van der Waals surface area contributed by atoms with Crippen LogP contribution < -0.4 is 0 Å². The van der Waals surface area contributed by atoms with Gasteiger partial charge in [0.2, 0.25) is 0 Å². The van der Waals surface area contributed by atoms with Crippen LogP contribution in [0.4, 0.5) is 8.78 Å². The van der Waals surface area contributed by atoms with Gasteiger partial charge in [-0.3, -0.25) is 0 Å². The van der Waals surface area contributed by atoms with Crippen LogP contribution in [-0.4, -0.2) is 36.3 Å². The fourth-order valence-corrected chi connectivity index (χ4v) is 4.47. The van der Waals surface area contributed by atoms with Crippen LogP contribution in [0.5, 0.6) is 0 Å². The highest BCUT2D eigenvalue weighted by atomic mass is 19.1. The number of amidine groups is 1. The van der Waals surface area contributed by atoms with E-state index < -0.39 is 13.3 Å². The molecule has 0 radical (unpaired) electrons. The molecule has 0 spiro atoms. The molecule has 0 N–H and O–H groups in total. The Labute approximate surface area is 213 Å². The topological polar surface area (TPSA) is 28.0 Å². The third-order valence-corrected chi connectivity index (χ3v) is 6.64. The normalized spacial score (nSPS) is 15.5. The molecule has 4 rings (SSSR count). The Kier molecular flexibility index (Phi) is 8.63. The quantitative estimate of drug-likeness (QED) is 0.330. The molecule has 2 aromatic rings. The molecular formula is C31H35F2N3. The summed E-state index contributed by atoms with van der Waals surface area (Å²) in [6, 6.07) is 17.5. The zero-order chi connectivity index (χ0) is 25.5. The van der Waals surface area contributed by atoms with Gasteiger partial charge in [0.1, 0.15) is 19.0 Å². The first-order valence-corrected chi connectivity index (χ1v) is 12.8. The molecule has 2 aliphatic heterocycles. The number of aliphatic imine (C=N–C) groups is 2. The van der Waals surface area contributed by atoms with Gasteiger partial charge >= 0.3 is 0 Å². The summed E-state index contributed by atoms with van der Waals surface area (Å²) in [5.74, 6) is 0.945. The summed E-state index contributed by atoms with van der Waals surface area (Å²) in [7, 11) is 0. The number of benzene rings is 2. The number of allylic oxidation sites excluding steroid dienone is 3. The summed E-state index contributed by atoms with van der Waals surface area (Å²) >= 11 is 0. The third kappa shape index (κ3) is 6.07. The lowest BCUT2D eigenvalue weighted by Crippen LogP contribution is -2.17. The van der Waals surface area contributed by atoms with E-state index in [0.29, 0.717) is 17.3 Å². The molecule has 0 aliphatic carbocycles. The lowest BCUT2D eigenvalue weighted by molar-refractivity contribution is 0.367. The molecular weight excluding hydrogens is 452 g/mol. The van der Waals surface area contributed by atoms with Crippen molar-refractivity contribution in [3.05, 3.63) is 94.9 Å². The van der Waals surface area contributed by atoms with Gasteiger partial charge in [-0.15, -0.1) is 0 Å². The average Bonchev–Trinajstić information content (AvgIpc) is 3.19. The molecule has 36 heavy (non-hydrogen) atoms. The van der Waals surface area contributed by atoms with Crippen LogP contribution in [0.2, 0.25) is 0 Å². The fraction of sp³-hybridized carbons (Fsp3) is 0.355. The molecule has 0 atom stereocenters. The summed E-state index contributed by atoms with van der Waals surface area (Å²) in [6.45, 7) is 6.40. The minimum Gasteiger partial charge on any atom is -0.371 e. The first-order valence-electron chi connectivity index (χ1n) is 12.8. The molecule has 0 unspecified atom stereocenters. The molecule has 0 saturated heterocycles. The number of halogens is 2. The molecule has 188 valence electrons. The number of alkyl halides is 2. The summed E-state index contributed by atoms with van der Waals surface area (Å²) < 4.78 is 26.9. The van der Waals surface area contributed by atoms with Crippen molar-refractivity contribution >= 4 is 11.5 Å². The number of hydrogen-bond donors (Lipinski definition) is 0. The standard InChI is InChI=1S/C31H35F2N3/c1-4-5-7-28(27(18-32)19-33)31-34-29-8-6-17-36(21-30(29)35-31)20-23-9-11-25(12-10-23)26-15-13-24(14-16-26)22(2)3/h5,7,9-16,21-22H,4,6,8,17-20H2,1-3H3/b7-5-. The van der Waals surface area contributed by atoms with Crippen molar-refractivity contribution in [1.82, 2.24) is 4.90 Å². The van der Waals surface area contributed by atoms with Crippen molar-refractivity contribution in [2.45, 2.75) is 52.5 Å². The Hall–Kier alpha value is -3.34. The van der Waals surface area contributed by atoms with E-state index in [0.717, 1.165) is 43.8 Å². The van der Waals surface area contributed by atoms with Gasteiger partial charge in [-0.25, -0.2) is 18.8 Å². The maximum atomic E-state index is 13.5. The van der Waals surface area contributed by atoms with Gasteiger partial charge in [0.25, 0.3) is 0 Å². The highest BCUT2D eigenvalue weighted by molar-refractivity contribution is 6.19. The molecule has 5 heteroatoms. The molecule has 0 saturated carbocycles. The monoisotopic (exact) mass is 487 g/mol. The Morgan fingerprint density at radius 1 is 0.972 bits per heavy atom. The van der Waals surface area contributed by atoms with Crippen molar-refractivity contribution in [3.8, 4) is 11.1 Å². The Balaban J connectivity index is 1.51. The first kappa shape index (κ1) is 25.7. The van der Waals surface area contributed by atoms with Crippen LogP contribution in [0.15, 0.2) is 93.7 Å². The van der Waals surface area contributed by atoms with E-state index in [1.54, 1.807) is 6.08 Å². The highest BCUT2D eigenvalue weighted by Gasteiger charge is 2.23. The highest BCUT2D eigenvalue weighted by Crippen LogP contribution is 2.26. The van der Waals surface area contributed by atoms with Gasteiger partial charge in [0.05, 0.1) is 5.71 Å². The van der Waals surface area contributed by atoms with Crippen LogP contribution >= 0.6 is 0 Å². The largest absolute Gasteiger partial charge is 0.371 e. The third-order valence-electron chi connectivity index (χ3n) is 6.64. The first-order chi connectivity index (χ1) is 17.5. The van der Waals surface area contributed by atoms with E-state index >= 15 is 0 Å². The summed E-state index contributed by atoms with van der Waals surface area (Å²) in [4.78, 5) is 11.6. The van der Waals surface area contributed by atoms with E-state index in [9.17, 15) is 8.78 Å². The zero-order valence-electron chi connectivity index (χ0n) is 21.5. The van der Waals surface area contributed by atoms with Crippen LogP contribution in [0.1, 0.15) is 57.1 Å². The number of hydrogen-bond acceptors (Lipinski definition) is 3. The minimum atomic E-state index is -0.840. The Bertz CT molecular complexity index is 1190. The molecule has 0 fully saturated rings. The van der Waals surface area contributed by atoms with Crippen molar-refractivity contribution < 1.29 is 8.78 Å². The lowest BCUT2D eigenvalue weighted by atomic mass is 9.98. The maximum Gasteiger partial charge on any atom is 0.160 e. The zero-order valence-corrected chi connectivity index (χ0v) is 21.5. The van der Waals surface area contributed by atoms with Gasteiger partial charge < -0.3 is 4.90 Å². The Morgan fingerprint density at radius 2 is 1.64 bits per heavy atom. The SMILES string of the molecule is CC/C=C\C(C1=NC2=CN(Cc3ccc(-c4ccc(C(C)C)cc4)cc3)CCCC2=N1)=C(CF)CF. The summed E-state index contributed by atoms with van der Waals surface area (Å²) in [5.41, 5.74) is 7.25. The van der Waals surface area contributed by atoms with Crippen molar-refractivity contribution in [1.29, 1.82) is 0 Å². The van der Waals surface area contributed by atoms with E-state index in [1.807, 2.05) is 19.2 Å². The van der Waals surface area contributed by atoms with Crippen LogP contribution in [0.25, 0.3) is 11.1 Å².